The van der Waals surface area contributed by atoms with Gasteiger partial charge in [-0.25, -0.2) is 0 Å². The second-order valence-electron chi connectivity index (χ2n) is 4.35. The first-order valence-electron chi connectivity index (χ1n) is 6.39. The summed E-state index contributed by atoms with van der Waals surface area (Å²) in [5.41, 5.74) is 0.610. The number of benzene rings is 1. The van der Waals surface area contributed by atoms with Gasteiger partial charge in [0.2, 0.25) is 5.95 Å². The molecule has 0 unspecified atom stereocenters. The van der Waals surface area contributed by atoms with Gasteiger partial charge in [-0.05, 0) is 30.3 Å². The standard InChI is InChI=1S/C14H11Cl2N5O/c15-9-3-4-11(16)12(6-9)19-14-20-13(8-18-21-14)17-7-10-2-1-5-22-10/h1-6,8H,7H2,(H2,17,19,20,21). The SMILES string of the molecule is Clc1ccc(Cl)c(Nc2nncc(NCc3ccco3)n2)c1. The maximum atomic E-state index is 6.09. The normalized spacial score (nSPS) is 10.5. The summed E-state index contributed by atoms with van der Waals surface area (Å²) in [4.78, 5) is 4.30. The lowest BCUT2D eigenvalue weighted by Crippen LogP contribution is -2.05. The monoisotopic (exact) mass is 335 g/mol. The molecule has 0 amide bonds. The van der Waals surface area contributed by atoms with E-state index in [9.17, 15) is 0 Å². The molecular formula is C14H11Cl2N5O. The first-order chi connectivity index (χ1) is 10.7. The highest BCUT2D eigenvalue weighted by Crippen LogP contribution is 2.27. The van der Waals surface area contributed by atoms with Crippen LogP contribution in [0, 0.1) is 0 Å². The van der Waals surface area contributed by atoms with Crippen LogP contribution in [-0.2, 0) is 6.54 Å². The van der Waals surface area contributed by atoms with Crippen molar-refractivity contribution < 1.29 is 4.42 Å². The zero-order valence-corrected chi connectivity index (χ0v) is 12.8. The van der Waals surface area contributed by atoms with E-state index in [0.29, 0.717) is 34.0 Å². The van der Waals surface area contributed by atoms with E-state index >= 15 is 0 Å². The van der Waals surface area contributed by atoms with Gasteiger partial charge < -0.3 is 15.1 Å². The average molecular weight is 336 g/mol. The van der Waals surface area contributed by atoms with Crippen molar-refractivity contribution in [1.29, 1.82) is 0 Å². The van der Waals surface area contributed by atoms with Crippen molar-refractivity contribution in [1.82, 2.24) is 15.2 Å². The molecule has 112 valence electrons. The molecule has 0 aliphatic rings. The van der Waals surface area contributed by atoms with Gasteiger partial charge in [-0.15, -0.1) is 5.10 Å². The van der Waals surface area contributed by atoms with Crippen molar-refractivity contribution in [3.63, 3.8) is 0 Å². The lowest BCUT2D eigenvalue weighted by molar-refractivity contribution is 0.517. The van der Waals surface area contributed by atoms with E-state index in [4.69, 9.17) is 27.6 Å². The molecule has 3 rings (SSSR count). The molecule has 2 aromatic heterocycles. The zero-order valence-electron chi connectivity index (χ0n) is 11.3. The van der Waals surface area contributed by atoms with Crippen molar-refractivity contribution >= 4 is 40.7 Å². The molecule has 0 aliphatic heterocycles. The Hall–Kier alpha value is -2.31. The third-order valence-corrected chi connectivity index (χ3v) is 3.32. The van der Waals surface area contributed by atoms with Crippen LogP contribution in [0.15, 0.2) is 47.2 Å². The number of anilines is 3. The largest absolute Gasteiger partial charge is 0.467 e. The fraction of sp³-hybridized carbons (Fsp3) is 0.0714. The van der Waals surface area contributed by atoms with Gasteiger partial charge in [-0.3, -0.25) is 0 Å². The molecule has 1 aromatic carbocycles. The Balaban J connectivity index is 1.72. The Labute approximate surface area is 136 Å². The molecule has 0 saturated carbocycles. The Kier molecular flexibility index (Phi) is 4.41. The van der Waals surface area contributed by atoms with Crippen LogP contribution in [0.5, 0.6) is 0 Å². The highest BCUT2D eigenvalue weighted by atomic mass is 35.5. The van der Waals surface area contributed by atoms with Gasteiger partial charge in [0.25, 0.3) is 0 Å². The maximum Gasteiger partial charge on any atom is 0.249 e. The number of halogens is 2. The van der Waals surface area contributed by atoms with Crippen LogP contribution < -0.4 is 10.6 Å². The minimum Gasteiger partial charge on any atom is -0.467 e. The Bertz CT molecular complexity index is 764. The van der Waals surface area contributed by atoms with Crippen LogP contribution in [0.2, 0.25) is 10.0 Å². The smallest absolute Gasteiger partial charge is 0.249 e. The van der Waals surface area contributed by atoms with E-state index in [0.717, 1.165) is 5.76 Å². The second kappa shape index (κ2) is 6.64. The van der Waals surface area contributed by atoms with Gasteiger partial charge in [0.15, 0.2) is 5.82 Å². The Morgan fingerprint density at radius 3 is 2.91 bits per heavy atom. The van der Waals surface area contributed by atoms with E-state index in [-0.39, 0.29) is 0 Å². The third kappa shape index (κ3) is 3.66. The molecule has 8 heteroatoms. The van der Waals surface area contributed by atoms with E-state index in [1.54, 1.807) is 24.5 Å². The van der Waals surface area contributed by atoms with E-state index in [1.807, 2.05) is 12.1 Å². The van der Waals surface area contributed by atoms with Crippen LogP contribution in [0.25, 0.3) is 0 Å². The summed E-state index contributed by atoms with van der Waals surface area (Å²) >= 11 is 12.0. The quantitative estimate of drug-likeness (QED) is 0.730. The Morgan fingerprint density at radius 1 is 1.18 bits per heavy atom. The molecule has 22 heavy (non-hydrogen) atoms. The molecule has 2 N–H and O–H groups in total. The molecular weight excluding hydrogens is 325 g/mol. The molecule has 2 heterocycles. The summed E-state index contributed by atoms with van der Waals surface area (Å²) in [5.74, 6) is 1.67. The molecule has 0 fully saturated rings. The number of hydrogen-bond donors (Lipinski definition) is 2. The van der Waals surface area contributed by atoms with Gasteiger partial charge in [0, 0.05) is 5.02 Å². The van der Waals surface area contributed by atoms with Gasteiger partial charge in [-0.1, -0.05) is 23.2 Å². The Morgan fingerprint density at radius 2 is 2.09 bits per heavy atom. The number of furan rings is 1. The minimum atomic E-state index is 0.314. The number of hydrogen-bond acceptors (Lipinski definition) is 6. The van der Waals surface area contributed by atoms with Crippen molar-refractivity contribution in [3.05, 3.63) is 58.6 Å². The zero-order chi connectivity index (χ0) is 15.4. The van der Waals surface area contributed by atoms with Gasteiger partial charge in [0.05, 0.1) is 29.7 Å². The second-order valence-corrected chi connectivity index (χ2v) is 5.19. The van der Waals surface area contributed by atoms with Crippen molar-refractivity contribution in [2.24, 2.45) is 0 Å². The summed E-state index contributed by atoms with van der Waals surface area (Å²) < 4.78 is 5.24. The van der Waals surface area contributed by atoms with Crippen LogP contribution >= 0.6 is 23.2 Å². The van der Waals surface area contributed by atoms with Gasteiger partial charge >= 0.3 is 0 Å². The third-order valence-electron chi connectivity index (χ3n) is 2.76. The van der Waals surface area contributed by atoms with Gasteiger partial charge in [0.1, 0.15) is 5.76 Å². The first kappa shape index (κ1) is 14.6. The van der Waals surface area contributed by atoms with E-state index in [1.165, 1.54) is 6.20 Å². The summed E-state index contributed by atoms with van der Waals surface area (Å²) in [6.45, 7) is 0.503. The maximum absolute atomic E-state index is 6.09. The molecule has 0 saturated heterocycles. The predicted molar refractivity (Wildman–Crippen MR) is 85.6 cm³/mol. The number of rotatable bonds is 5. The fourth-order valence-corrected chi connectivity index (χ4v) is 2.08. The van der Waals surface area contributed by atoms with Crippen LogP contribution in [0.3, 0.4) is 0 Å². The summed E-state index contributed by atoms with van der Waals surface area (Å²) in [7, 11) is 0. The van der Waals surface area contributed by atoms with Crippen LogP contribution in [0.1, 0.15) is 5.76 Å². The topological polar surface area (TPSA) is 75.9 Å². The lowest BCUT2D eigenvalue weighted by Gasteiger charge is -2.08. The summed E-state index contributed by atoms with van der Waals surface area (Å²) in [6, 6.07) is 8.78. The van der Waals surface area contributed by atoms with Crippen molar-refractivity contribution in [3.8, 4) is 0 Å². The number of nitrogens with zero attached hydrogens (tertiary/aromatic N) is 3. The first-order valence-corrected chi connectivity index (χ1v) is 7.14. The molecule has 0 bridgehead atoms. The van der Waals surface area contributed by atoms with E-state index < -0.39 is 0 Å². The molecule has 0 aliphatic carbocycles. The highest BCUT2D eigenvalue weighted by Gasteiger charge is 2.06. The molecule has 0 atom stereocenters. The van der Waals surface area contributed by atoms with Gasteiger partial charge in [-0.2, -0.15) is 10.1 Å². The fourth-order valence-electron chi connectivity index (χ4n) is 1.75. The summed E-state index contributed by atoms with van der Waals surface area (Å²) in [5, 5.41) is 15.0. The molecule has 0 spiro atoms. The molecule has 0 radical (unpaired) electrons. The number of aromatic nitrogens is 3. The van der Waals surface area contributed by atoms with Crippen molar-refractivity contribution in [2.75, 3.05) is 10.6 Å². The van der Waals surface area contributed by atoms with Crippen molar-refractivity contribution in [2.45, 2.75) is 6.54 Å². The number of nitrogens with one attached hydrogen (secondary N) is 2. The summed E-state index contributed by atoms with van der Waals surface area (Å²) in [6.07, 6.45) is 3.14. The van der Waals surface area contributed by atoms with Crippen LogP contribution in [0.4, 0.5) is 17.5 Å². The van der Waals surface area contributed by atoms with E-state index in [2.05, 4.69) is 25.8 Å². The molecule has 6 nitrogen and oxygen atoms in total. The minimum absolute atomic E-state index is 0.314. The van der Waals surface area contributed by atoms with Crippen LogP contribution in [-0.4, -0.2) is 15.2 Å². The highest BCUT2D eigenvalue weighted by molar-refractivity contribution is 6.35. The average Bonchev–Trinajstić information content (AvgIpc) is 3.03. The lowest BCUT2D eigenvalue weighted by atomic mass is 10.3. The predicted octanol–water partition coefficient (Wildman–Crippen LogP) is 4.13. The molecule has 3 aromatic rings.